The zero-order valence-corrected chi connectivity index (χ0v) is 15.2. The van der Waals surface area contributed by atoms with Gasteiger partial charge in [-0.1, -0.05) is 18.2 Å². The summed E-state index contributed by atoms with van der Waals surface area (Å²) in [6, 6.07) is 9.22. The van der Waals surface area contributed by atoms with Gasteiger partial charge in [-0.3, -0.25) is 10.3 Å². The molecule has 2 rings (SSSR count). The molecule has 26 heavy (non-hydrogen) atoms. The first-order valence-electron chi connectivity index (χ1n) is 8.46. The highest BCUT2D eigenvalue weighted by Crippen LogP contribution is 2.20. The predicted octanol–water partition coefficient (Wildman–Crippen LogP) is 1.44. The lowest BCUT2D eigenvalue weighted by Gasteiger charge is -2.20. The van der Waals surface area contributed by atoms with Crippen LogP contribution in [0.25, 0.3) is 0 Å². The fourth-order valence-electron chi connectivity index (χ4n) is 2.28. The Balaban J connectivity index is 1.79. The molecule has 2 unspecified atom stereocenters. The summed E-state index contributed by atoms with van der Waals surface area (Å²) in [5.41, 5.74) is 1.88. The number of aliphatic hydroxyl groups is 3. The number of hydrogen-bond donors (Lipinski definition) is 4. The number of nitrogens with zero attached hydrogens (tertiary/aromatic N) is 1. The molecule has 2 aromatic rings. The van der Waals surface area contributed by atoms with E-state index in [0.717, 1.165) is 11.3 Å². The molecule has 0 saturated carbocycles. The van der Waals surface area contributed by atoms with Gasteiger partial charge in [-0.2, -0.15) is 0 Å². The van der Waals surface area contributed by atoms with Crippen molar-refractivity contribution in [1.82, 2.24) is 10.3 Å². The van der Waals surface area contributed by atoms with E-state index in [-0.39, 0.29) is 24.9 Å². The monoisotopic (exact) mass is 362 g/mol. The molecule has 0 spiro atoms. The van der Waals surface area contributed by atoms with Crippen molar-refractivity contribution in [3.63, 3.8) is 0 Å². The molecule has 2 atom stereocenters. The molecule has 1 aromatic carbocycles. The Labute approximate surface area is 153 Å². The van der Waals surface area contributed by atoms with Crippen molar-refractivity contribution < 1.29 is 24.8 Å². The number of hydrogen-bond acceptors (Lipinski definition) is 7. The van der Waals surface area contributed by atoms with E-state index in [1.165, 1.54) is 12.3 Å². The number of aryl methyl sites for hydroxylation is 2. The zero-order chi connectivity index (χ0) is 19.1. The summed E-state index contributed by atoms with van der Waals surface area (Å²) in [6.45, 7) is 5.89. The van der Waals surface area contributed by atoms with Crippen molar-refractivity contribution in [1.29, 1.82) is 0 Å². The Bertz CT molecular complexity index is 708. The summed E-state index contributed by atoms with van der Waals surface area (Å²) in [5, 5.41) is 31.6. The van der Waals surface area contributed by atoms with E-state index < -0.39 is 12.4 Å². The number of aliphatic hydroxyl groups excluding tert-OH is 2. The van der Waals surface area contributed by atoms with Gasteiger partial charge >= 0.3 is 0 Å². The molecule has 0 radical (unpaired) electrons. The van der Waals surface area contributed by atoms with Crippen LogP contribution in [0.4, 0.5) is 0 Å². The maximum absolute atomic E-state index is 10.1. The predicted molar refractivity (Wildman–Crippen MR) is 96.9 cm³/mol. The van der Waals surface area contributed by atoms with Crippen LogP contribution >= 0.6 is 0 Å². The second kappa shape index (κ2) is 9.49. The van der Waals surface area contributed by atoms with Crippen LogP contribution in [0.1, 0.15) is 30.0 Å². The summed E-state index contributed by atoms with van der Waals surface area (Å²) in [7, 11) is 0. The van der Waals surface area contributed by atoms with Crippen molar-refractivity contribution in [3.8, 4) is 11.5 Å². The number of aromatic nitrogens is 1. The van der Waals surface area contributed by atoms with Gasteiger partial charge in [0.2, 0.25) is 0 Å². The highest BCUT2D eigenvalue weighted by atomic mass is 16.5. The van der Waals surface area contributed by atoms with Crippen LogP contribution in [-0.4, -0.2) is 45.8 Å². The van der Waals surface area contributed by atoms with Crippen molar-refractivity contribution in [2.45, 2.75) is 39.4 Å². The van der Waals surface area contributed by atoms with Crippen LogP contribution in [0.3, 0.4) is 0 Å². The number of nitrogens with one attached hydrogen (secondary N) is 1. The highest BCUT2D eigenvalue weighted by Gasteiger charge is 2.12. The van der Waals surface area contributed by atoms with Crippen LogP contribution in [0.2, 0.25) is 0 Å². The van der Waals surface area contributed by atoms with Gasteiger partial charge in [0.25, 0.3) is 0 Å². The Hall–Kier alpha value is -2.19. The summed E-state index contributed by atoms with van der Waals surface area (Å²) in [4.78, 5) is 4.05. The third kappa shape index (κ3) is 5.96. The van der Waals surface area contributed by atoms with Crippen LogP contribution in [-0.2, 0) is 0 Å². The number of para-hydroxylation sites is 1. The quantitative estimate of drug-likeness (QED) is 0.500. The fourth-order valence-corrected chi connectivity index (χ4v) is 2.28. The molecule has 1 heterocycles. The Morgan fingerprint density at radius 2 is 1.85 bits per heavy atom. The first-order valence-corrected chi connectivity index (χ1v) is 8.46. The van der Waals surface area contributed by atoms with Gasteiger partial charge in [-0.15, -0.1) is 0 Å². The molecule has 0 bridgehead atoms. The van der Waals surface area contributed by atoms with Gasteiger partial charge in [0.05, 0.1) is 5.69 Å². The summed E-state index contributed by atoms with van der Waals surface area (Å²) in [5.74, 6) is 1.19. The lowest BCUT2D eigenvalue weighted by Crippen LogP contribution is -2.39. The average Bonchev–Trinajstić information content (AvgIpc) is 2.61. The molecular weight excluding hydrogens is 336 g/mol. The Morgan fingerprint density at radius 1 is 1.12 bits per heavy atom. The standard InChI is InChI=1S/C19H26N2O5/c1-12-6-4-5-7-17(12)26-14(3)21-10-16(22)11-25-18-8-15(19(23)24)9-20-13(18)2/h4-9,14,16,19,21-24H,10-11H2,1-3H3. The van der Waals surface area contributed by atoms with Crippen molar-refractivity contribution in [2.75, 3.05) is 13.2 Å². The van der Waals surface area contributed by atoms with Crippen molar-refractivity contribution in [2.24, 2.45) is 0 Å². The normalized spacial score (nSPS) is 13.5. The lowest BCUT2D eigenvalue weighted by molar-refractivity contribution is -0.0429. The number of ether oxygens (including phenoxy) is 2. The van der Waals surface area contributed by atoms with E-state index in [0.29, 0.717) is 11.4 Å². The molecule has 0 aliphatic rings. The van der Waals surface area contributed by atoms with Crippen molar-refractivity contribution in [3.05, 3.63) is 53.3 Å². The topological polar surface area (TPSA) is 104 Å². The fraction of sp³-hybridized carbons (Fsp3) is 0.421. The van der Waals surface area contributed by atoms with E-state index in [2.05, 4.69) is 10.3 Å². The van der Waals surface area contributed by atoms with Gasteiger partial charge in [0.15, 0.2) is 6.29 Å². The zero-order valence-electron chi connectivity index (χ0n) is 15.2. The first-order chi connectivity index (χ1) is 12.4. The molecule has 4 N–H and O–H groups in total. The van der Waals surface area contributed by atoms with Crippen LogP contribution in [0.5, 0.6) is 11.5 Å². The third-order valence-corrected chi connectivity index (χ3v) is 3.83. The smallest absolute Gasteiger partial charge is 0.180 e. The van der Waals surface area contributed by atoms with E-state index >= 15 is 0 Å². The van der Waals surface area contributed by atoms with Gasteiger partial charge in [0, 0.05) is 18.3 Å². The van der Waals surface area contributed by atoms with Gasteiger partial charge in [-0.05, 0) is 38.5 Å². The molecule has 7 heteroatoms. The first kappa shape index (κ1) is 20.1. The summed E-state index contributed by atoms with van der Waals surface area (Å²) >= 11 is 0. The molecule has 1 aromatic heterocycles. The number of rotatable bonds is 9. The van der Waals surface area contributed by atoms with E-state index in [1.54, 1.807) is 6.92 Å². The third-order valence-electron chi connectivity index (χ3n) is 3.83. The van der Waals surface area contributed by atoms with E-state index in [9.17, 15) is 15.3 Å². The summed E-state index contributed by atoms with van der Waals surface area (Å²) in [6.07, 6.45) is -1.28. The maximum Gasteiger partial charge on any atom is 0.180 e. The molecule has 0 saturated heterocycles. The second-order valence-electron chi connectivity index (χ2n) is 6.12. The SMILES string of the molecule is Cc1ccccc1OC(C)NCC(O)COc1cc(C(O)O)cnc1C. The number of pyridine rings is 1. The minimum atomic E-state index is -1.61. The molecule has 0 fully saturated rings. The molecule has 142 valence electrons. The van der Waals surface area contributed by atoms with Gasteiger partial charge in [-0.25, -0.2) is 0 Å². The number of benzene rings is 1. The Morgan fingerprint density at radius 3 is 2.54 bits per heavy atom. The Kier molecular flexibility index (Phi) is 7.35. The highest BCUT2D eigenvalue weighted by molar-refractivity contribution is 5.32. The molecular formula is C19H26N2O5. The maximum atomic E-state index is 10.1. The van der Waals surface area contributed by atoms with Gasteiger partial charge in [0.1, 0.15) is 30.4 Å². The van der Waals surface area contributed by atoms with Gasteiger partial charge < -0.3 is 24.8 Å². The largest absolute Gasteiger partial charge is 0.489 e. The van der Waals surface area contributed by atoms with Crippen molar-refractivity contribution >= 4 is 0 Å². The van der Waals surface area contributed by atoms with Crippen LogP contribution in [0.15, 0.2) is 36.5 Å². The van der Waals surface area contributed by atoms with Crippen LogP contribution in [0, 0.1) is 13.8 Å². The minimum Gasteiger partial charge on any atom is -0.489 e. The van der Waals surface area contributed by atoms with E-state index in [4.69, 9.17) is 9.47 Å². The summed E-state index contributed by atoms with van der Waals surface area (Å²) < 4.78 is 11.3. The molecule has 0 aliphatic heterocycles. The minimum absolute atomic E-state index is 0.0393. The molecule has 7 nitrogen and oxygen atoms in total. The average molecular weight is 362 g/mol. The molecule has 0 amide bonds. The molecule has 0 aliphatic carbocycles. The second-order valence-corrected chi connectivity index (χ2v) is 6.12. The van der Waals surface area contributed by atoms with Crippen LogP contribution < -0.4 is 14.8 Å². The van der Waals surface area contributed by atoms with E-state index in [1.807, 2.05) is 38.1 Å². The lowest BCUT2D eigenvalue weighted by atomic mass is 10.2.